The first-order valence-electron chi connectivity index (χ1n) is 11.2. The summed E-state index contributed by atoms with van der Waals surface area (Å²) < 4.78 is 6.21. The lowest BCUT2D eigenvalue weighted by molar-refractivity contribution is -0.136. The molecule has 0 saturated carbocycles. The standard InChI is InChI=1S/C26H37N3O2/c1-26(2,3)22-17-21(11-12-24(22)31-19-20-9-7-6-8-10-20)18-23(28(4)5)25(30)29-15-13-27-14-16-29/h6-12,17,23,27H,13-16,18-19H2,1-5H3/t23-/m0/s1. The minimum Gasteiger partial charge on any atom is -0.489 e. The number of carbonyl (C=O) groups is 1. The van der Waals surface area contributed by atoms with Gasteiger partial charge in [-0.25, -0.2) is 0 Å². The predicted octanol–water partition coefficient (Wildman–Crippen LogP) is 3.47. The molecule has 2 aromatic rings. The first-order valence-corrected chi connectivity index (χ1v) is 11.2. The monoisotopic (exact) mass is 423 g/mol. The van der Waals surface area contributed by atoms with E-state index in [2.05, 4.69) is 56.4 Å². The van der Waals surface area contributed by atoms with E-state index in [1.807, 2.05) is 42.1 Å². The molecule has 5 heteroatoms. The zero-order valence-electron chi connectivity index (χ0n) is 19.6. The molecule has 1 aliphatic heterocycles. The summed E-state index contributed by atoms with van der Waals surface area (Å²) in [5, 5.41) is 3.32. The fourth-order valence-corrected chi connectivity index (χ4v) is 3.96. The zero-order valence-corrected chi connectivity index (χ0v) is 19.6. The van der Waals surface area contributed by atoms with Crippen LogP contribution in [0.5, 0.6) is 5.75 Å². The minimum atomic E-state index is -0.165. The number of likely N-dealkylation sites (N-methyl/N-ethyl adjacent to an activating group) is 1. The van der Waals surface area contributed by atoms with Crippen LogP contribution in [0.25, 0.3) is 0 Å². The average Bonchev–Trinajstić information content (AvgIpc) is 2.76. The van der Waals surface area contributed by atoms with Gasteiger partial charge in [-0.05, 0) is 48.7 Å². The van der Waals surface area contributed by atoms with E-state index in [1.54, 1.807) is 0 Å². The van der Waals surface area contributed by atoms with E-state index in [9.17, 15) is 4.79 Å². The Labute approximate surface area is 187 Å². The Morgan fingerprint density at radius 2 is 1.74 bits per heavy atom. The molecule has 2 aromatic carbocycles. The summed E-state index contributed by atoms with van der Waals surface area (Å²) in [5.41, 5.74) is 3.44. The lowest BCUT2D eigenvalue weighted by atomic mass is 9.84. The molecule has 168 valence electrons. The van der Waals surface area contributed by atoms with Crippen LogP contribution in [0.15, 0.2) is 48.5 Å². The number of carbonyl (C=O) groups excluding carboxylic acids is 1. The Morgan fingerprint density at radius 1 is 1.06 bits per heavy atom. The van der Waals surface area contributed by atoms with E-state index in [-0.39, 0.29) is 17.4 Å². The maximum atomic E-state index is 13.2. The Kier molecular flexibility index (Phi) is 7.74. The predicted molar refractivity (Wildman–Crippen MR) is 127 cm³/mol. The van der Waals surface area contributed by atoms with Gasteiger partial charge in [0, 0.05) is 26.2 Å². The van der Waals surface area contributed by atoms with Crippen LogP contribution in [0.1, 0.15) is 37.5 Å². The number of hydrogen-bond donors (Lipinski definition) is 1. The van der Waals surface area contributed by atoms with Gasteiger partial charge in [-0.3, -0.25) is 9.69 Å². The van der Waals surface area contributed by atoms with Crippen molar-refractivity contribution >= 4 is 5.91 Å². The molecule has 0 bridgehead atoms. The van der Waals surface area contributed by atoms with Gasteiger partial charge >= 0.3 is 0 Å². The summed E-state index contributed by atoms with van der Waals surface area (Å²) in [6.07, 6.45) is 0.692. The fourth-order valence-electron chi connectivity index (χ4n) is 3.96. The molecule has 1 N–H and O–H groups in total. The van der Waals surface area contributed by atoms with Gasteiger partial charge < -0.3 is 15.0 Å². The van der Waals surface area contributed by atoms with Crippen LogP contribution in [0.3, 0.4) is 0 Å². The summed E-state index contributed by atoms with van der Waals surface area (Å²) in [7, 11) is 3.99. The van der Waals surface area contributed by atoms with Gasteiger partial charge in [-0.15, -0.1) is 0 Å². The number of amides is 1. The highest BCUT2D eigenvalue weighted by Crippen LogP contribution is 2.33. The van der Waals surface area contributed by atoms with E-state index in [1.165, 1.54) is 11.1 Å². The molecule has 0 spiro atoms. The highest BCUT2D eigenvalue weighted by atomic mass is 16.5. The first-order chi connectivity index (χ1) is 14.8. The van der Waals surface area contributed by atoms with Crippen molar-refractivity contribution in [2.24, 2.45) is 0 Å². The van der Waals surface area contributed by atoms with Gasteiger partial charge in [0.25, 0.3) is 0 Å². The van der Waals surface area contributed by atoms with Crippen molar-refractivity contribution in [1.82, 2.24) is 15.1 Å². The molecule has 0 radical (unpaired) electrons. The maximum Gasteiger partial charge on any atom is 0.240 e. The Morgan fingerprint density at radius 3 is 2.35 bits per heavy atom. The van der Waals surface area contributed by atoms with Crippen LogP contribution in [-0.4, -0.2) is 62.0 Å². The largest absolute Gasteiger partial charge is 0.489 e. The van der Waals surface area contributed by atoms with Crippen molar-refractivity contribution in [3.05, 3.63) is 65.2 Å². The van der Waals surface area contributed by atoms with Crippen LogP contribution in [-0.2, 0) is 23.2 Å². The highest BCUT2D eigenvalue weighted by molar-refractivity contribution is 5.82. The second-order valence-electron chi connectivity index (χ2n) is 9.61. The normalized spacial score (nSPS) is 15.7. The molecule has 1 heterocycles. The number of piperazine rings is 1. The van der Waals surface area contributed by atoms with Gasteiger partial charge in [0.15, 0.2) is 0 Å². The Bertz CT molecular complexity index is 853. The molecule has 1 aliphatic rings. The van der Waals surface area contributed by atoms with Gasteiger partial charge in [0.2, 0.25) is 5.91 Å². The van der Waals surface area contributed by atoms with Crippen molar-refractivity contribution in [2.45, 2.75) is 45.3 Å². The molecule has 1 fully saturated rings. The third-order valence-electron chi connectivity index (χ3n) is 5.86. The average molecular weight is 424 g/mol. The van der Waals surface area contributed by atoms with E-state index in [0.717, 1.165) is 37.5 Å². The Balaban J connectivity index is 1.79. The number of nitrogens with one attached hydrogen (secondary N) is 1. The summed E-state index contributed by atoms with van der Waals surface area (Å²) in [4.78, 5) is 17.2. The number of nitrogens with zero attached hydrogens (tertiary/aromatic N) is 2. The fraction of sp³-hybridized carbons (Fsp3) is 0.500. The first kappa shape index (κ1) is 23.3. The molecule has 5 nitrogen and oxygen atoms in total. The topological polar surface area (TPSA) is 44.8 Å². The molecule has 0 unspecified atom stereocenters. The van der Waals surface area contributed by atoms with Crippen molar-refractivity contribution in [3.63, 3.8) is 0 Å². The van der Waals surface area contributed by atoms with Crippen LogP contribution >= 0.6 is 0 Å². The second kappa shape index (κ2) is 10.3. The van der Waals surface area contributed by atoms with E-state index in [4.69, 9.17) is 4.74 Å². The zero-order chi connectivity index (χ0) is 22.4. The van der Waals surface area contributed by atoms with Crippen molar-refractivity contribution < 1.29 is 9.53 Å². The Hall–Kier alpha value is -2.37. The molecule has 3 rings (SSSR count). The molecule has 31 heavy (non-hydrogen) atoms. The quantitative estimate of drug-likeness (QED) is 0.741. The SMILES string of the molecule is CN(C)[C@@H](Cc1ccc(OCc2ccccc2)c(C(C)(C)C)c1)C(=O)N1CCNCC1. The van der Waals surface area contributed by atoms with E-state index < -0.39 is 0 Å². The third kappa shape index (κ3) is 6.31. The van der Waals surface area contributed by atoms with Gasteiger partial charge in [0.1, 0.15) is 12.4 Å². The summed E-state index contributed by atoms with van der Waals surface area (Å²) >= 11 is 0. The molecule has 1 atom stereocenters. The number of rotatable bonds is 7. The molecular weight excluding hydrogens is 386 g/mol. The summed E-state index contributed by atoms with van der Waals surface area (Å²) in [5.74, 6) is 1.13. The van der Waals surface area contributed by atoms with E-state index in [0.29, 0.717) is 13.0 Å². The van der Waals surface area contributed by atoms with Gasteiger partial charge in [0.05, 0.1) is 6.04 Å². The smallest absolute Gasteiger partial charge is 0.240 e. The van der Waals surface area contributed by atoms with Crippen LogP contribution in [0, 0.1) is 0 Å². The number of hydrogen-bond acceptors (Lipinski definition) is 4. The maximum absolute atomic E-state index is 13.2. The van der Waals surface area contributed by atoms with Crippen molar-refractivity contribution in [2.75, 3.05) is 40.3 Å². The van der Waals surface area contributed by atoms with E-state index >= 15 is 0 Å². The molecular formula is C26H37N3O2. The highest BCUT2D eigenvalue weighted by Gasteiger charge is 2.28. The summed E-state index contributed by atoms with van der Waals surface area (Å²) in [6.45, 7) is 10.5. The van der Waals surface area contributed by atoms with Gasteiger partial charge in [-0.1, -0.05) is 63.2 Å². The lowest BCUT2D eigenvalue weighted by Crippen LogP contribution is -2.53. The molecule has 0 aliphatic carbocycles. The van der Waals surface area contributed by atoms with Crippen LogP contribution < -0.4 is 10.1 Å². The summed E-state index contributed by atoms with van der Waals surface area (Å²) in [6, 6.07) is 16.5. The number of benzene rings is 2. The lowest BCUT2D eigenvalue weighted by Gasteiger charge is -2.33. The van der Waals surface area contributed by atoms with Crippen molar-refractivity contribution in [1.29, 1.82) is 0 Å². The molecule has 1 amide bonds. The molecule has 1 saturated heterocycles. The van der Waals surface area contributed by atoms with Crippen molar-refractivity contribution in [3.8, 4) is 5.75 Å². The van der Waals surface area contributed by atoms with Gasteiger partial charge in [-0.2, -0.15) is 0 Å². The van der Waals surface area contributed by atoms with Crippen LogP contribution in [0.4, 0.5) is 0 Å². The third-order valence-corrected chi connectivity index (χ3v) is 5.86. The molecule has 0 aromatic heterocycles. The second-order valence-corrected chi connectivity index (χ2v) is 9.61. The minimum absolute atomic E-state index is 0.0573. The van der Waals surface area contributed by atoms with Crippen LogP contribution in [0.2, 0.25) is 0 Å². The number of ether oxygens (including phenoxy) is 1.